The van der Waals surface area contributed by atoms with Crippen LogP contribution in [0.4, 0.5) is 0 Å². The van der Waals surface area contributed by atoms with Gasteiger partial charge in [-0.1, -0.05) is 66.2 Å². The minimum atomic E-state index is -3.23. The lowest BCUT2D eigenvalue weighted by molar-refractivity contribution is 0.219. The van der Waals surface area contributed by atoms with Crippen LogP contribution in [0.1, 0.15) is 25.0 Å². The average molecular weight is 513 g/mol. The molecule has 0 saturated heterocycles. The molecule has 0 bridgehead atoms. The van der Waals surface area contributed by atoms with E-state index in [2.05, 4.69) is 0 Å². The van der Waals surface area contributed by atoms with Crippen molar-refractivity contribution in [2.45, 2.75) is 26.6 Å². The molecule has 0 spiro atoms. The maximum absolute atomic E-state index is 12.9. The van der Waals surface area contributed by atoms with Crippen LogP contribution in [0.2, 0.25) is 5.02 Å². The Kier molecular flexibility index (Phi) is 8.09. The van der Waals surface area contributed by atoms with Crippen LogP contribution in [0, 0.1) is 0 Å². The van der Waals surface area contributed by atoms with E-state index in [9.17, 15) is 9.36 Å². The van der Waals surface area contributed by atoms with E-state index >= 15 is 0 Å². The van der Waals surface area contributed by atoms with E-state index in [0.717, 1.165) is 11.1 Å². The summed E-state index contributed by atoms with van der Waals surface area (Å²) in [6.07, 6.45) is 0.145. The largest absolute Gasteiger partial charge is 0.489 e. The lowest BCUT2D eigenvalue weighted by Gasteiger charge is -2.17. The second-order valence-corrected chi connectivity index (χ2v) is 10.2. The van der Waals surface area contributed by atoms with Gasteiger partial charge in [0.15, 0.2) is 5.76 Å². The highest BCUT2D eigenvalue weighted by molar-refractivity contribution is 7.53. The normalized spacial score (nSPS) is 11.6. The van der Waals surface area contributed by atoms with Gasteiger partial charge in [0.1, 0.15) is 23.0 Å². The molecule has 0 unspecified atom stereocenters. The zero-order valence-corrected chi connectivity index (χ0v) is 21.2. The summed E-state index contributed by atoms with van der Waals surface area (Å²) < 4.78 is 35.5. The zero-order chi connectivity index (χ0) is 24.8. The van der Waals surface area contributed by atoms with Crippen molar-refractivity contribution in [3.8, 4) is 17.1 Å². The fourth-order valence-corrected chi connectivity index (χ4v) is 5.63. The number of hydrogen-bond donors (Lipinski definition) is 0. The lowest BCUT2D eigenvalue weighted by Crippen LogP contribution is -2.04. The first-order chi connectivity index (χ1) is 16.9. The summed E-state index contributed by atoms with van der Waals surface area (Å²) in [7, 11) is -3.23. The predicted molar refractivity (Wildman–Crippen MR) is 138 cm³/mol. The van der Waals surface area contributed by atoms with Gasteiger partial charge in [0, 0.05) is 11.6 Å². The molecular weight excluding hydrogens is 487 g/mol. The third-order valence-electron chi connectivity index (χ3n) is 5.30. The highest BCUT2D eigenvalue weighted by atomic mass is 35.5. The van der Waals surface area contributed by atoms with Crippen LogP contribution in [0.5, 0.6) is 5.75 Å². The Morgan fingerprint density at radius 2 is 1.57 bits per heavy atom. The van der Waals surface area contributed by atoms with Crippen molar-refractivity contribution < 1.29 is 22.8 Å². The molecule has 0 aliphatic heterocycles. The molecule has 182 valence electrons. The Morgan fingerprint density at radius 1 is 0.886 bits per heavy atom. The molecule has 3 aromatic carbocycles. The Morgan fingerprint density at radius 3 is 2.23 bits per heavy atom. The fourth-order valence-electron chi connectivity index (χ4n) is 3.67. The van der Waals surface area contributed by atoms with Gasteiger partial charge in [-0.15, -0.1) is 0 Å². The topological polar surface area (TPSA) is 75.0 Å². The average Bonchev–Trinajstić information content (AvgIpc) is 2.86. The van der Waals surface area contributed by atoms with Crippen molar-refractivity contribution in [3.63, 3.8) is 0 Å². The fraction of sp³-hybridized carbons (Fsp3) is 0.222. The molecule has 0 aliphatic rings. The second-order valence-electron chi connectivity index (χ2n) is 7.81. The van der Waals surface area contributed by atoms with Crippen LogP contribution in [-0.4, -0.2) is 13.2 Å². The molecule has 0 atom stereocenters. The highest BCUT2D eigenvalue weighted by Crippen LogP contribution is 2.51. The van der Waals surface area contributed by atoms with E-state index in [0.29, 0.717) is 42.1 Å². The smallest absolute Gasteiger partial charge is 0.335 e. The van der Waals surface area contributed by atoms with Crippen molar-refractivity contribution in [2.75, 3.05) is 13.2 Å². The minimum absolute atomic E-state index is 0.00231. The van der Waals surface area contributed by atoms with Crippen LogP contribution in [0.15, 0.2) is 82.0 Å². The van der Waals surface area contributed by atoms with Crippen LogP contribution in [-0.2, 0) is 26.4 Å². The summed E-state index contributed by atoms with van der Waals surface area (Å²) >= 11 is 6.39. The molecule has 0 saturated carbocycles. The van der Waals surface area contributed by atoms with Crippen LogP contribution >= 0.6 is 19.2 Å². The Balaban J connectivity index is 1.61. The van der Waals surface area contributed by atoms with Crippen molar-refractivity contribution in [1.29, 1.82) is 0 Å². The standard InChI is InChI=1S/C27H26ClO6P/c1-3-32-35(30,33-4-2)18-20-10-12-21(13-11-20)27-25(28)26(29)23-15-14-22(16-24(23)34-27)31-17-19-8-6-5-7-9-19/h5-16H,3-4,17-18H2,1-2H3. The van der Waals surface area contributed by atoms with E-state index in [-0.39, 0.29) is 22.4 Å². The van der Waals surface area contributed by atoms with Crippen molar-refractivity contribution in [3.05, 3.63) is 99.2 Å². The molecule has 8 heteroatoms. The molecule has 0 radical (unpaired) electrons. The number of ether oxygens (including phenoxy) is 1. The van der Waals surface area contributed by atoms with Gasteiger partial charge in [0.05, 0.1) is 24.8 Å². The molecule has 0 amide bonds. The zero-order valence-electron chi connectivity index (χ0n) is 19.5. The van der Waals surface area contributed by atoms with E-state index in [1.54, 1.807) is 56.3 Å². The molecule has 6 nitrogen and oxygen atoms in total. The minimum Gasteiger partial charge on any atom is -0.489 e. The Hall–Kier alpha value is -2.89. The van der Waals surface area contributed by atoms with Crippen molar-refractivity contribution in [1.82, 2.24) is 0 Å². The maximum atomic E-state index is 12.9. The number of rotatable bonds is 10. The first-order valence-corrected chi connectivity index (χ1v) is 13.4. The number of benzene rings is 3. The van der Waals surface area contributed by atoms with E-state index in [1.807, 2.05) is 30.3 Å². The van der Waals surface area contributed by atoms with E-state index in [4.69, 9.17) is 29.8 Å². The first-order valence-electron chi connectivity index (χ1n) is 11.3. The van der Waals surface area contributed by atoms with Gasteiger partial charge in [-0.05, 0) is 37.1 Å². The summed E-state index contributed by atoms with van der Waals surface area (Å²) in [5.41, 5.74) is 2.48. The van der Waals surface area contributed by atoms with Crippen LogP contribution in [0.25, 0.3) is 22.3 Å². The molecule has 1 aromatic heterocycles. The van der Waals surface area contributed by atoms with Crippen molar-refractivity contribution >= 4 is 30.2 Å². The van der Waals surface area contributed by atoms with Gasteiger partial charge in [-0.3, -0.25) is 9.36 Å². The van der Waals surface area contributed by atoms with Gasteiger partial charge in [0.25, 0.3) is 0 Å². The molecule has 0 fully saturated rings. The quantitative estimate of drug-likeness (QED) is 0.205. The molecule has 0 aliphatic carbocycles. The SMILES string of the molecule is CCOP(=O)(Cc1ccc(-c2oc3cc(OCc4ccccc4)ccc3c(=O)c2Cl)cc1)OCC. The Labute approximate surface area is 208 Å². The van der Waals surface area contributed by atoms with Gasteiger partial charge in [-0.25, -0.2) is 0 Å². The third-order valence-corrected chi connectivity index (χ3v) is 7.70. The number of fused-ring (bicyclic) bond motifs is 1. The van der Waals surface area contributed by atoms with Crippen LogP contribution in [0.3, 0.4) is 0 Å². The Bertz CT molecular complexity index is 1390. The molecule has 4 rings (SSSR count). The summed E-state index contributed by atoms with van der Waals surface area (Å²) in [5.74, 6) is 0.837. The molecule has 1 heterocycles. The van der Waals surface area contributed by atoms with Gasteiger partial charge < -0.3 is 18.2 Å². The summed E-state index contributed by atoms with van der Waals surface area (Å²) in [6.45, 7) is 4.54. The van der Waals surface area contributed by atoms with E-state index in [1.165, 1.54) is 0 Å². The summed E-state index contributed by atoms with van der Waals surface area (Å²) in [4.78, 5) is 12.9. The first kappa shape index (κ1) is 25.2. The number of halogens is 1. The maximum Gasteiger partial charge on any atom is 0.335 e. The highest BCUT2D eigenvalue weighted by Gasteiger charge is 2.24. The van der Waals surface area contributed by atoms with Gasteiger partial charge in [-0.2, -0.15) is 0 Å². The molecule has 0 N–H and O–H groups in total. The predicted octanol–water partition coefficient (Wildman–Crippen LogP) is 7.46. The van der Waals surface area contributed by atoms with Crippen LogP contribution < -0.4 is 10.2 Å². The second kappa shape index (κ2) is 11.2. The van der Waals surface area contributed by atoms with E-state index < -0.39 is 7.60 Å². The molecule has 4 aromatic rings. The monoisotopic (exact) mass is 512 g/mol. The molecule has 35 heavy (non-hydrogen) atoms. The van der Waals surface area contributed by atoms with Gasteiger partial charge in [0.2, 0.25) is 5.43 Å². The summed E-state index contributed by atoms with van der Waals surface area (Å²) in [5, 5.41) is 0.370. The number of hydrogen-bond acceptors (Lipinski definition) is 6. The van der Waals surface area contributed by atoms with Crippen molar-refractivity contribution in [2.24, 2.45) is 0 Å². The third kappa shape index (κ3) is 6.03. The summed E-state index contributed by atoms with van der Waals surface area (Å²) in [6, 6.07) is 22.0. The van der Waals surface area contributed by atoms with Gasteiger partial charge >= 0.3 is 7.60 Å². The molecular formula is C27H26ClO6P. The lowest BCUT2D eigenvalue weighted by atomic mass is 10.1.